The molecule has 1 saturated carbocycles. The van der Waals surface area contributed by atoms with Gasteiger partial charge in [0.25, 0.3) is 0 Å². The summed E-state index contributed by atoms with van der Waals surface area (Å²) in [4.78, 5) is 34.1. The molecule has 39 heavy (non-hydrogen) atoms. The summed E-state index contributed by atoms with van der Waals surface area (Å²) in [6.45, 7) is 6.46. The molecule has 0 spiro atoms. The van der Waals surface area contributed by atoms with E-state index in [2.05, 4.69) is 25.2 Å². The van der Waals surface area contributed by atoms with Crippen LogP contribution in [0.5, 0.6) is 5.75 Å². The van der Waals surface area contributed by atoms with Crippen LogP contribution in [-0.4, -0.2) is 74.0 Å². The average molecular weight is 560 g/mol. The van der Waals surface area contributed by atoms with E-state index in [-0.39, 0.29) is 47.1 Å². The second kappa shape index (κ2) is 9.29. The summed E-state index contributed by atoms with van der Waals surface area (Å²) >= 11 is 6.18. The van der Waals surface area contributed by atoms with Crippen LogP contribution in [0.25, 0.3) is 11.0 Å². The molecule has 206 valence electrons. The number of ether oxygens (including phenoxy) is 2. The van der Waals surface area contributed by atoms with Crippen LogP contribution in [0.2, 0.25) is 5.02 Å². The Bertz CT molecular complexity index is 1450. The number of fused-ring (bicyclic) bond motifs is 3. The van der Waals surface area contributed by atoms with E-state index in [4.69, 9.17) is 26.1 Å². The van der Waals surface area contributed by atoms with Crippen LogP contribution in [0.15, 0.2) is 24.7 Å². The largest absolute Gasteiger partial charge is 0.489 e. The number of halogens is 3. The number of rotatable bonds is 6. The van der Waals surface area contributed by atoms with Crippen LogP contribution in [0, 0.1) is 5.82 Å². The molecule has 2 saturated heterocycles. The first-order valence-corrected chi connectivity index (χ1v) is 13.2. The molecule has 6 rings (SSSR count). The predicted octanol–water partition coefficient (Wildman–Crippen LogP) is 5.03. The van der Waals surface area contributed by atoms with Gasteiger partial charge in [0, 0.05) is 13.1 Å². The van der Waals surface area contributed by atoms with Gasteiger partial charge in [0.15, 0.2) is 11.6 Å². The van der Waals surface area contributed by atoms with Gasteiger partial charge in [-0.3, -0.25) is 0 Å². The molecule has 10 nitrogen and oxygen atoms in total. The van der Waals surface area contributed by atoms with Gasteiger partial charge in [-0.05, 0) is 52.2 Å². The summed E-state index contributed by atoms with van der Waals surface area (Å²) < 4.78 is 40.0. The Hall–Kier alpha value is -3.54. The highest BCUT2D eigenvalue weighted by Crippen LogP contribution is 2.42. The van der Waals surface area contributed by atoms with Crippen molar-refractivity contribution >= 4 is 46.2 Å². The summed E-state index contributed by atoms with van der Waals surface area (Å²) in [7, 11) is 0. The molecule has 1 aliphatic carbocycles. The summed E-state index contributed by atoms with van der Waals surface area (Å²) in [5.74, 6) is 0.0650. The zero-order valence-corrected chi connectivity index (χ0v) is 22.5. The topological polar surface area (TPSA) is 106 Å². The van der Waals surface area contributed by atoms with E-state index in [1.165, 1.54) is 18.5 Å². The van der Waals surface area contributed by atoms with Crippen molar-refractivity contribution in [1.82, 2.24) is 24.8 Å². The van der Waals surface area contributed by atoms with Gasteiger partial charge < -0.3 is 24.6 Å². The zero-order valence-electron chi connectivity index (χ0n) is 21.7. The Morgan fingerprint density at radius 3 is 2.69 bits per heavy atom. The number of piperazine rings is 1. The van der Waals surface area contributed by atoms with Crippen LogP contribution < -0.4 is 15.0 Å². The van der Waals surface area contributed by atoms with Gasteiger partial charge in [-0.1, -0.05) is 11.6 Å². The van der Waals surface area contributed by atoms with E-state index < -0.39 is 17.1 Å². The number of aromatic nitrogens is 4. The monoisotopic (exact) mass is 559 g/mol. The molecule has 3 aliphatic rings. The highest BCUT2D eigenvalue weighted by molar-refractivity contribution is 6.32. The van der Waals surface area contributed by atoms with Crippen LogP contribution in [0.3, 0.4) is 0 Å². The lowest BCUT2D eigenvalue weighted by Crippen LogP contribution is -2.50. The van der Waals surface area contributed by atoms with Gasteiger partial charge in [0.2, 0.25) is 5.95 Å². The lowest BCUT2D eigenvalue weighted by atomic mass is 10.2. The smallest absolute Gasteiger partial charge is 0.410 e. The molecule has 3 aromatic rings. The standard InChI is InChI=1S/C26H28ClF2N7O3/c1-25(2,3)39-24(37)36-11-14-8-15(36)10-35(14)23-30-9-17-21(34-23)22(32-13-31-17)33-16-4-5-18(19(27)20(16)28)38-12-26(29)6-7-26/h4-5,9,13-15H,6-8,10-12H2,1-3H3,(H,31,32,33)/t14-,15-/m0/s1. The number of amides is 1. The van der Waals surface area contributed by atoms with Gasteiger partial charge in [0.05, 0.1) is 24.0 Å². The Balaban J connectivity index is 1.21. The molecule has 2 aliphatic heterocycles. The highest BCUT2D eigenvalue weighted by Gasteiger charge is 2.47. The highest BCUT2D eigenvalue weighted by atomic mass is 35.5. The van der Waals surface area contributed by atoms with E-state index in [9.17, 15) is 9.18 Å². The quantitative estimate of drug-likeness (QED) is 0.445. The third kappa shape index (κ3) is 5.09. The Morgan fingerprint density at radius 1 is 1.21 bits per heavy atom. The third-order valence-electron chi connectivity index (χ3n) is 7.07. The summed E-state index contributed by atoms with van der Waals surface area (Å²) in [6, 6.07) is 2.98. The SMILES string of the molecule is CC(C)(C)OC(=O)N1C[C@@H]2C[C@H]1CN2c1ncc2ncnc(Nc3ccc(OCC4(F)CC4)c(Cl)c3F)c2n1. The van der Waals surface area contributed by atoms with Gasteiger partial charge in [0.1, 0.15) is 46.0 Å². The molecule has 13 heteroatoms. The van der Waals surface area contributed by atoms with E-state index in [1.807, 2.05) is 20.8 Å². The minimum atomic E-state index is -1.35. The molecule has 0 radical (unpaired) electrons. The molecular weight excluding hydrogens is 532 g/mol. The van der Waals surface area contributed by atoms with Crippen LogP contribution in [0.4, 0.5) is 31.0 Å². The van der Waals surface area contributed by atoms with Crippen molar-refractivity contribution < 1.29 is 23.0 Å². The fourth-order valence-electron chi connectivity index (χ4n) is 4.89. The predicted molar refractivity (Wildman–Crippen MR) is 141 cm³/mol. The number of nitrogens with one attached hydrogen (secondary N) is 1. The Morgan fingerprint density at radius 2 is 2.00 bits per heavy atom. The molecule has 1 N–H and O–H groups in total. The first-order chi connectivity index (χ1) is 18.5. The molecule has 4 heterocycles. The third-order valence-corrected chi connectivity index (χ3v) is 7.42. The molecule has 2 atom stereocenters. The van der Waals surface area contributed by atoms with Crippen LogP contribution >= 0.6 is 11.6 Å². The lowest BCUT2D eigenvalue weighted by Gasteiger charge is -2.35. The maximum Gasteiger partial charge on any atom is 0.410 e. The molecule has 1 amide bonds. The van der Waals surface area contributed by atoms with E-state index >= 15 is 4.39 Å². The van der Waals surface area contributed by atoms with Crippen molar-refractivity contribution in [2.45, 2.75) is 63.4 Å². The van der Waals surface area contributed by atoms with Gasteiger partial charge >= 0.3 is 6.09 Å². The molecule has 3 fully saturated rings. The van der Waals surface area contributed by atoms with Crippen LogP contribution in [-0.2, 0) is 4.74 Å². The zero-order chi connectivity index (χ0) is 27.5. The van der Waals surface area contributed by atoms with Crippen molar-refractivity contribution in [3.63, 3.8) is 0 Å². The summed E-state index contributed by atoms with van der Waals surface area (Å²) in [6.07, 6.45) is 4.25. The number of nitrogens with zero attached hydrogens (tertiary/aromatic N) is 6. The normalized spacial score (nSPS) is 21.4. The van der Waals surface area contributed by atoms with Crippen molar-refractivity contribution in [2.75, 3.05) is 29.9 Å². The van der Waals surface area contributed by atoms with Crippen LogP contribution in [0.1, 0.15) is 40.0 Å². The molecule has 0 unspecified atom stereocenters. The Labute approximate surface area is 228 Å². The molecule has 2 aromatic heterocycles. The van der Waals surface area contributed by atoms with Crippen molar-refractivity contribution in [2.24, 2.45) is 0 Å². The first kappa shape index (κ1) is 25.7. The fourth-order valence-corrected chi connectivity index (χ4v) is 5.10. The molecular formula is C26H28ClF2N7O3. The van der Waals surface area contributed by atoms with Crippen molar-refractivity contribution in [3.8, 4) is 5.75 Å². The minimum Gasteiger partial charge on any atom is -0.489 e. The number of benzene rings is 1. The van der Waals surface area contributed by atoms with Crippen molar-refractivity contribution in [1.29, 1.82) is 0 Å². The van der Waals surface area contributed by atoms with E-state index in [0.717, 1.165) is 6.42 Å². The lowest BCUT2D eigenvalue weighted by molar-refractivity contribution is 0.0214. The minimum absolute atomic E-state index is 0.00192. The fraction of sp³-hybridized carbons (Fsp3) is 0.500. The summed E-state index contributed by atoms with van der Waals surface area (Å²) in [5, 5.41) is 2.70. The second-order valence-corrected chi connectivity index (χ2v) is 11.6. The number of hydrogen-bond acceptors (Lipinski definition) is 9. The first-order valence-electron chi connectivity index (χ1n) is 12.8. The van der Waals surface area contributed by atoms with E-state index in [1.54, 1.807) is 11.1 Å². The maximum absolute atomic E-state index is 15.1. The van der Waals surface area contributed by atoms with Gasteiger partial charge in [-0.25, -0.2) is 33.5 Å². The van der Waals surface area contributed by atoms with E-state index in [0.29, 0.717) is 42.9 Å². The van der Waals surface area contributed by atoms with Gasteiger partial charge in [-0.2, -0.15) is 0 Å². The number of likely N-dealkylation sites (tertiary alicyclic amines) is 1. The number of carbonyl (C=O) groups excluding carboxylic acids is 1. The number of hydrogen-bond donors (Lipinski definition) is 1. The van der Waals surface area contributed by atoms with Gasteiger partial charge in [-0.15, -0.1) is 0 Å². The average Bonchev–Trinajstić information content (AvgIpc) is 3.29. The maximum atomic E-state index is 15.1. The number of anilines is 3. The Kier molecular flexibility index (Phi) is 6.12. The number of alkyl halides is 1. The molecule has 1 aromatic carbocycles. The van der Waals surface area contributed by atoms with Crippen molar-refractivity contribution in [3.05, 3.63) is 35.5 Å². The second-order valence-electron chi connectivity index (χ2n) is 11.3. The summed E-state index contributed by atoms with van der Waals surface area (Å²) in [5.41, 5.74) is -0.981. The number of carbonyl (C=O) groups is 1. The molecule has 2 bridgehead atoms.